The molecule has 146 valence electrons. The molecule has 0 bridgehead atoms. The van der Waals surface area contributed by atoms with E-state index >= 15 is 0 Å². The molecule has 0 aromatic carbocycles. The van der Waals surface area contributed by atoms with E-state index in [4.69, 9.17) is 24.1 Å². The van der Waals surface area contributed by atoms with Crippen molar-refractivity contribution in [3.63, 3.8) is 0 Å². The molecule has 2 aliphatic heterocycles. The van der Waals surface area contributed by atoms with Crippen LogP contribution in [0.25, 0.3) is 0 Å². The van der Waals surface area contributed by atoms with Gasteiger partial charge in [0, 0.05) is 7.11 Å². The molecule has 2 rings (SSSR count). The van der Waals surface area contributed by atoms with Gasteiger partial charge in [0.25, 0.3) is 0 Å². The zero-order valence-electron chi connectivity index (χ0n) is 13.2. The zero-order valence-corrected chi connectivity index (χ0v) is 13.2. The lowest BCUT2D eigenvalue weighted by Crippen LogP contribution is -2.65. The van der Waals surface area contributed by atoms with Crippen molar-refractivity contribution in [3.8, 4) is 0 Å². The van der Waals surface area contributed by atoms with Crippen molar-refractivity contribution in [2.24, 2.45) is 0 Å². The van der Waals surface area contributed by atoms with Crippen molar-refractivity contribution in [2.75, 3.05) is 13.7 Å². The Morgan fingerprint density at radius 2 is 1.52 bits per heavy atom. The molecule has 10 atom stereocenters. The number of ether oxygens (including phenoxy) is 4. The first kappa shape index (κ1) is 20.4. The molecule has 7 N–H and O–H groups in total. The van der Waals surface area contributed by atoms with Gasteiger partial charge in [-0.15, -0.1) is 0 Å². The Balaban J connectivity index is 2.19. The summed E-state index contributed by atoms with van der Waals surface area (Å²) in [5.74, 6) is -1.54. The summed E-state index contributed by atoms with van der Waals surface area (Å²) in [6.45, 7) is -0.717. The van der Waals surface area contributed by atoms with Gasteiger partial charge in [-0.2, -0.15) is 0 Å². The number of carboxylic acids is 1. The normalized spacial score (nSPS) is 48.3. The van der Waals surface area contributed by atoms with Crippen LogP contribution < -0.4 is 0 Å². The van der Waals surface area contributed by atoms with E-state index in [1.54, 1.807) is 0 Å². The van der Waals surface area contributed by atoms with Crippen molar-refractivity contribution < 1.29 is 59.5 Å². The molecule has 2 aliphatic rings. The molecule has 12 heteroatoms. The Kier molecular flexibility index (Phi) is 6.67. The molecule has 0 saturated carbocycles. The lowest BCUT2D eigenvalue weighted by molar-refractivity contribution is -0.352. The first-order valence-corrected chi connectivity index (χ1v) is 7.46. The van der Waals surface area contributed by atoms with Crippen LogP contribution in [0.5, 0.6) is 0 Å². The molecule has 0 aromatic heterocycles. The highest BCUT2D eigenvalue weighted by Crippen LogP contribution is 2.29. The van der Waals surface area contributed by atoms with E-state index in [0.29, 0.717) is 0 Å². The van der Waals surface area contributed by atoms with E-state index in [2.05, 4.69) is 0 Å². The zero-order chi connectivity index (χ0) is 18.9. The number of methoxy groups -OCH3 is 1. The van der Waals surface area contributed by atoms with Crippen molar-refractivity contribution in [1.82, 2.24) is 0 Å². The highest BCUT2D eigenvalue weighted by Gasteiger charge is 2.52. The number of carboxylic acid groups (broad SMARTS) is 1. The summed E-state index contributed by atoms with van der Waals surface area (Å²) < 4.78 is 20.1. The summed E-state index contributed by atoms with van der Waals surface area (Å²) in [5, 5.41) is 67.7. The minimum absolute atomic E-state index is 0.717. The highest BCUT2D eigenvalue weighted by atomic mass is 16.7. The Morgan fingerprint density at radius 3 is 2.04 bits per heavy atom. The average Bonchev–Trinajstić information content (AvgIpc) is 2.59. The SMILES string of the molecule is CO[C@@H]1O[C@H](C(=O)O)[C@@H](O[C@@H]2O[C@H](CO)[C@@H](O)[C@H](O)[C@H]2O)[C@H](O)[C@H]1O. The van der Waals surface area contributed by atoms with E-state index in [1.807, 2.05) is 0 Å². The maximum Gasteiger partial charge on any atom is 0.335 e. The van der Waals surface area contributed by atoms with E-state index in [9.17, 15) is 35.4 Å². The summed E-state index contributed by atoms with van der Waals surface area (Å²) >= 11 is 0. The van der Waals surface area contributed by atoms with Crippen LogP contribution in [0.2, 0.25) is 0 Å². The van der Waals surface area contributed by atoms with Crippen LogP contribution in [0.4, 0.5) is 0 Å². The molecule has 2 heterocycles. The number of aliphatic hydroxyl groups is 6. The fourth-order valence-electron chi connectivity index (χ4n) is 2.72. The Morgan fingerprint density at radius 1 is 0.920 bits per heavy atom. The van der Waals surface area contributed by atoms with Gasteiger partial charge in [-0.05, 0) is 0 Å². The minimum atomic E-state index is -1.81. The Hall–Kier alpha value is -0.930. The molecule has 25 heavy (non-hydrogen) atoms. The Bertz CT molecular complexity index is 458. The standard InChI is InChI=1S/C13H22O12/c1-22-12-8(19)6(17)9(10(25-12)11(20)21)24-13-7(18)5(16)4(15)3(2-14)23-13/h3-10,12-19H,2H2,1H3,(H,20,21)/t3-,4-,5+,6-,7-,8-,9+,10+,12-,13+/m1/s1. The number of aliphatic carboxylic acids is 1. The first-order valence-electron chi connectivity index (χ1n) is 7.46. The predicted octanol–water partition coefficient (Wildman–Crippen LogP) is -4.65. The lowest BCUT2D eigenvalue weighted by Gasteiger charge is -2.45. The second-order valence-corrected chi connectivity index (χ2v) is 5.78. The van der Waals surface area contributed by atoms with Gasteiger partial charge in [-0.1, -0.05) is 0 Å². The summed E-state index contributed by atoms with van der Waals surface area (Å²) in [6.07, 6.45) is -16.5. The van der Waals surface area contributed by atoms with Gasteiger partial charge >= 0.3 is 5.97 Å². The van der Waals surface area contributed by atoms with Crippen LogP contribution in [0.15, 0.2) is 0 Å². The minimum Gasteiger partial charge on any atom is -0.479 e. The van der Waals surface area contributed by atoms with E-state index in [0.717, 1.165) is 7.11 Å². The van der Waals surface area contributed by atoms with Gasteiger partial charge < -0.3 is 54.7 Å². The van der Waals surface area contributed by atoms with Gasteiger partial charge in [0.2, 0.25) is 0 Å². The maximum absolute atomic E-state index is 11.4. The van der Waals surface area contributed by atoms with Crippen LogP contribution >= 0.6 is 0 Å². The number of rotatable bonds is 5. The Labute approximate surface area is 141 Å². The number of carbonyl (C=O) groups is 1. The molecule has 0 aliphatic carbocycles. The maximum atomic E-state index is 11.4. The number of hydrogen-bond donors (Lipinski definition) is 7. The topological polar surface area (TPSA) is 196 Å². The van der Waals surface area contributed by atoms with Gasteiger partial charge in [0.15, 0.2) is 18.7 Å². The van der Waals surface area contributed by atoms with Crippen molar-refractivity contribution >= 4 is 5.97 Å². The monoisotopic (exact) mass is 370 g/mol. The predicted molar refractivity (Wildman–Crippen MR) is 74.0 cm³/mol. The molecule has 2 fully saturated rings. The second kappa shape index (κ2) is 8.18. The largest absolute Gasteiger partial charge is 0.479 e. The molecule has 0 radical (unpaired) electrons. The molecule has 0 aromatic rings. The molecule has 0 unspecified atom stereocenters. The van der Waals surface area contributed by atoms with Crippen LogP contribution in [-0.2, 0) is 23.7 Å². The molecule has 2 saturated heterocycles. The van der Waals surface area contributed by atoms with Crippen molar-refractivity contribution in [3.05, 3.63) is 0 Å². The van der Waals surface area contributed by atoms with Gasteiger partial charge in [-0.3, -0.25) is 0 Å². The number of aliphatic hydroxyl groups excluding tert-OH is 6. The summed E-state index contributed by atoms with van der Waals surface area (Å²) in [5.41, 5.74) is 0. The molecule has 0 amide bonds. The summed E-state index contributed by atoms with van der Waals surface area (Å²) in [4.78, 5) is 11.4. The lowest BCUT2D eigenvalue weighted by atomic mass is 9.97. The van der Waals surface area contributed by atoms with Crippen LogP contribution in [0, 0.1) is 0 Å². The van der Waals surface area contributed by atoms with Crippen LogP contribution in [-0.4, -0.2) is 117 Å². The third kappa shape index (κ3) is 3.93. The van der Waals surface area contributed by atoms with Crippen molar-refractivity contribution in [2.45, 2.75) is 61.4 Å². The van der Waals surface area contributed by atoms with Gasteiger partial charge in [0.1, 0.15) is 42.7 Å². The fraction of sp³-hybridized carbons (Fsp3) is 0.923. The second-order valence-electron chi connectivity index (χ2n) is 5.78. The van der Waals surface area contributed by atoms with Gasteiger partial charge in [0.05, 0.1) is 6.61 Å². The molecule has 0 spiro atoms. The highest BCUT2D eigenvalue weighted by molar-refractivity contribution is 5.73. The molecular weight excluding hydrogens is 348 g/mol. The van der Waals surface area contributed by atoms with E-state index < -0.39 is 74.0 Å². The quantitative estimate of drug-likeness (QED) is 0.245. The third-order valence-electron chi connectivity index (χ3n) is 4.16. The number of hydrogen-bond acceptors (Lipinski definition) is 11. The van der Waals surface area contributed by atoms with Crippen molar-refractivity contribution in [1.29, 1.82) is 0 Å². The van der Waals surface area contributed by atoms with E-state index in [-0.39, 0.29) is 0 Å². The summed E-state index contributed by atoms with van der Waals surface area (Å²) in [6, 6.07) is 0. The van der Waals surface area contributed by atoms with Gasteiger partial charge in [-0.25, -0.2) is 4.79 Å². The molecule has 12 nitrogen and oxygen atoms in total. The molecular formula is C13H22O12. The van der Waals surface area contributed by atoms with E-state index in [1.165, 1.54) is 0 Å². The van der Waals surface area contributed by atoms with Crippen LogP contribution in [0.1, 0.15) is 0 Å². The third-order valence-corrected chi connectivity index (χ3v) is 4.16. The summed E-state index contributed by atoms with van der Waals surface area (Å²) in [7, 11) is 1.14. The average molecular weight is 370 g/mol. The van der Waals surface area contributed by atoms with Crippen LogP contribution in [0.3, 0.4) is 0 Å². The fourth-order valence-corrected chi connectivity index (χ4v) is 2.72. The first-order chi connectivity index (χ1) is 11.7. The smallest absolute Gasteiger partial charge is 0.335 e.